The molecule has 1 aliphatic heterocycles. The van der Waals surface area contributed by atoms with Crippen molar-refractivity contribution in [2.45, 2.75) is 13.1 Å². The first kappa shape index (κ1) is 22.4. The van der Waals surface area contributed by atoms with Gasteiger partial charge in [0.15, 0.2) is 0 Å². The number of piperazine rings is 1. The number of benzene rings is 2. The molecule has 0 saturated carbocycles. The third kappa shape index (κ3) is 7.98. The highest BCUT2D eigenvalue weighted by molar-refractivity contribution is 9.10. The smallest absolute Gasteiger partial charge is 0.414 e. The summed E-state index contributed by atoms with van der Waals surface area (Å²) in [5.74, 6) is -3.65. The van der Waals surface area contributed by atoms with Crippen molar-refractivity contribution in [1.82, 2.24) is 9.80 Å². The molecule has 0 bridgehead atoms. The van der Waals surface area contributed by atoms with E-state index in [1.165, 1.54) is 11.1 Å². The Bertz CT molecular complexity index is 743. The van der Waals surface area contributed by atoms with Gasteiger partial charge in [-0.3, -0.25) is 9.80 Å². The molecule has 2 N–H and O–H groups in total. The summed E-state index contributed by atoms with van der Waals surface area (Å²) in [7, 11) is 0. The molecule has 2 aromatic carbocycles. The van der Waals surface area contributed by atoms with Gasteiger partial charge in [-0.15, -0.1) is 0 Å². The molecule has 0 atom stereocenters. The van der Waals surface area contributed by atoms with Gasteiger partial charge in [-0.1, -0.05) is 51.8 Å². The topological polar surface area (TPSA) is 81.1 Å². The van der Waals surface area contributed by atoms with E-state index in [2.05, 4.69) is 62.1 Å². The SMILES string of the molecule is Clc1cccc(CN2CCN(Cc3cccc(Br)c3)CC2)c1.O=C(O)C(=O)O. The Hall–Kier alpha value is -1.93. The van der Waals surface area contributed by atoms with Crippen molar-refractivity contribution in [2.75, 3.05) is 26.2 Å². The predicted octanol–water partition coefficient (Wildman–Crippen LogP) is 3.58. The Labute approximate surface area is 177 Å². The van der Waals surface area contributed by atoms with E-state index >= 15 is 0 Å². The maximum atomic E-state index is 9.10. The van der Waals surface area contributed by atoms with Crippen molar-refractivity contribution in [3.8, 4) is 0 Å². The molecule has 0 radical (unpaired) electrons. The van der Waals surface area contributed by atoms with Crippen LogP contribution in [0.15, 0.2) is 53.0 Å². The zero-order valence-corrected chi connectivity index (χ0v) is 17.6. The van der Waals surface area contributed by atoms with E-state index in [0.29, 0.717) is 0 Å². The van der Waals surface area contributed by atoms with Crippen LogP contribution in [-0.4, -0.2) is 58.1 Å². The number of carboxylic acid groups (broad SMARTS) is 2. The van der Waals surface area contributed by atoms with Crippen LogP contribution in [0.5, 0.6) is 0 Å². The van der Waals surface area contributed by atoms with Gasteiger partial charge in [0, 0.05) is 48.8 Å². The fourth-order valence-corrected chi connectivity index (χ4v) is 3.55. The fourth-order valence-electron chi connectivity index (χ4n) is 2.89. The van der Waals surface area contributed by atoms with Gasteiger partial charge in [0.1, 0.15) is 0 Å². The number of carbonyl (C=O) groups is 2. The first-order valence-electron chi connectivity index (χ1n) is 8.73. The third-order valence-electron chi connectivity index (χ3n) is 4.24. The minimum Gasteiger partial charge on any atom is -0.473 e. The van der Waals surface area contributed by atoms with Crippen molar-refractivity contribution in [3.63, 3.8) is 0 Å². The van der Waals surface area contributed by atoms with Crippen LogP contribution in [0, 0.1) is 0 Å². The molecule has 0 aromatic heterocycles. The van der Waals surface area contributed by atoms with Crippen molar-refractivity contribution in [2.24, 2.45) is 0 Å². The molecule has 150 valence electrons. The van der Waals surface area contributed by atoms with Gasteiger partial charge in [-0.05, 0) is 35.4 Å². The minimum absolute atomic E-state index is 0.825. The third-order valence-corrected chi connectivity index (χ3v) is 4.97. The van der Waals surface area contributed by atoms with Crippen LogP contribution in [0.4, 0.5) is 0 Å². The van der Waals surface area contributed by atoms with Crippen molar-refractivity contribution in [1.29, 1.82) is 0 Å². The van der Waals surface area contributed by atoms with Gasteiger partial charge in [-0.2, -0.15) is 0 Å². The molecule has 1 fully saturated rings. The van der Waals surface area contributed by atoms with E-state index in [4.69, 9.17) is 31.4 Å². The molecule has 2 aromatic rings. The summed E-state index contributed by atoms with van der Waals surface area (Å²) in [4.78, 5) is 23.2. The number of aliphatic carboxylic acids is 2. The maximum Gasteiger partial charge on any atom is 0.414 e. The van der Waals surface area contributed by atoms with Gasteiger partial charge in [0.25, 0.3) is 0 Å². The van der Waals surface area contributed by atoms with Crippen LogP contribution in [-0.2, 0) is 22.7 Å². The van der Waals surface area contributed by atoms with Gasteiger partial charge in [0.05, 0.1) is 0 Å². The number of hydrogen-bond donors (Lipinski definition) is 2. The van der Waals surface area contributed by atoms with Crippen molar-refractivity contribution in [3.05, 3.63) is 69.2 Å². The lowest BCUT2D eigenvalue weighted by atomic mass is 10.1. The molecular formula is C20H22BrClN2O4. The molecule has 6 nitrogen and oxygen atoms in total. The van der Waals surface area contributed by atoms with E-state index < -0.39 is 11.9 Å². The van der Waals surface area contributed by atoms with Gasteiger partial charge >= 0.3 is 11.9 Å². The van der Waals surface area contributed by atoms with Gasteiger partial charge in [-0.25, -0.2) is 9.59 Å². The summed E-state index contributed by atoms with van der Waals surface area (Å²) in [5, 5.41) is 15.6. The fraction of sp³-hybridized carbons (Fsp3) is 0.300. The summed E-state index contributed by atoms with van der Waals surface area (Å²) in [6, 6.07) is 16.8. The zero-order valence-electron chi connectivity index (χ0n) is 15.2. The molecule has 0 aliphatic carbocycles. The molecular weight excluding hydrogens is 448 g/mol. The quantitative estimate of drug-likeness (QED) is 0.666. The largest absolute Gasteiger partial charge is 0.473 e. The zero-order chi connectivity index (χ0) is 20.5. The Balaban J connectivity index is 0.000000409. The first-order valence-corrected chi connectivity index (χ1v) is 9.90. The summed E-state index contributed by atoms with van der Waals surface area (Å²) in [5.41, 5.74) is 2.67. The second kappa shape index (κ2) is 11.2. The number of hydrogen-bond acceptors (Lipinski definition) is 4. The lowest BCUT2D eigenvalue weighted by molar-refractivity contribution is -0.159. The lowest BCUT2D eigenvalue weighted by Crippen LogP contribution is -2.45. The highest BCUT2D eigenvalue weighted by atomic mass is 79.9. The van der Waals surface area contributed by atoms with Crippen LogP contribution in [0.3, 0.4) is 0 Å². The van der Waals surface area contributed by atoms with E-state index in [9.17, 15) is 0 Å². The number of nitrogens with zero attached hydrogens (tertiary/aromatic N) is 2. The Morgan fingerprint density at radius 1 is 0.857 bits per heavy atom. The molecule has 28 heavy (non-hydrogen) atoms. The monoisotopic (exact) mass is 468 g/mol. The van der Waals surface area contributed by atoms with E-state index in [-0.39, 0.29) is 0 Å². The molecule has 0 amide bonds. The highest BCUT2D eigenvalue weighted by Crippen LogP contribution is 2.16. The molecule has 3 rings (SSSR count). The van der Waals surface area contributed by atoms with Crippen LogP contribution in [0.1, 0.15) is 11.1 Å². The van der Waals surface area contributed by atoms with Gasteiger partial charge in [0.2, 0.25) is 0 Å². The van der Waals surface area contributed by atoms with Crippen LogP contribution in [0.25, 0.3) is 0 Å². The first-order chi connectivity index (χ1) is 13.3. The Morgan fingerprint density at radius 3 is 1.75 bits per heavy atom. The van der Waals surface area contributed by atoms with E-state index in [0.717, 1.165) is 48.8 Å². The average molecular weight is 470 g/mol. The molecule has 1 aliphatic rings. The average Bonchev–Trinajstić information content (AvgIpc) is 2.64. The maximum absolute atomic E-state index is 9.10. The summed E-state index contributed by atoms with van der Waals surface area (Å²) in [6.45, 7) is 6.48. The standard InChI is InChI=1S/C18H20BrClN2.C2H2O4/c19-17-5-1-3-15(11-17)13-21-7-9-22(10-8-21)14-16-4-2-6-18(20)12-16;3-1(4)2(5)6/h1-6,11-12H,7-10,13-14H2;(H,3,4)(H,5,6). The number of halogens is 2. The normalized spacial score (nSPS) is 14.8. The molecule has 8 heteroatoms. The van der Waals surface area contributed by atoms with E-state index in [1.807, 2.05) is 12.1 Å². The highest BCUT2D eigenvalue weighted by Gasteiger charge is 2.17. The van der Waals surface area contributed by atoms with Crippen molar-refractivity contribution < 1.29 is 19.8 Å². The van der Waals surface area contributed by atoms with Crippen LogP contribution >= 0.6 is 27.5 Å². The van der Waals surface area contributed by atoms with Crippen LogP contribution in [0.2, 0.25) is 5.02 Å². The Kier molecular flexibility index (Phi) is 8.92. The second-order valence-corrected chi connectivity index (χ2v) is 7.77. The number of rotatable bonds is 4. The molecule has 1 heterocycles. The minimum atomic E-state index is -1.82. The molecule has 0 unspecified atom stereocenters. The molecule has 0 spiro atoms. The molecule has 1 saturated heterocycles. The van der Waals surface area contributed by atoms with Gasteiger partial charge < -0.3 is 10.2 Å². The Morgan fingerprint density at radius 2 is 1.32 bits per heavy atom. The lowest BCUT2D eigenvalue weighted by Gasteiger charge is -2.34. The van der Waals surface area contributed by atoms with E-state index in [1.54, 1.807) is 0 Å². The van der Waals surface area contributed by atoms with Crippen LogP contribution < -0.4 is 0 Å². The second-order valence-electron chi connectivity index (χ2n) is 6.42. The predicted molar refractivity (Wildman–Crippen MR) is 111 cm³/mol. The summed E-state index contributed by atoms with van der Waals surface area (Å²) in [6.07, 6.45) is 0. The summed E-state index contributed by atoms with van der Waals surface area (Å²) < 4.78 is 1.16. The van der Waals surface area contributed by atoms with Crippen molar-refractivity contribution >= 4 is 39.5 Å². The summed E-state index contributed by atoms with van der Waals surface area (Å²) >= 11 is 9.60. The number of carboxylic acids is 2.